The van der Waals surface area contributed by atoms with Crippen LogP contribution in [0.15, 0.2) is 36.7 Å². The molecule has 1 aliphatic rings. The van der Waals surface area contributed by atoms with Crippen molar-refractivity contribution in [1.82, 2.24) is 9.97 Å². The summed E-state index contributed by atoms with van der Waals surface area (Å²) < 4.78 is 37.9. The molecule has 0 bridgehead atoms. The van der Waals surface area contributed by atoms with Gasteiger partial charge in [-0.3, -0.25) is 0 Å². The van der Waals surface area contributed by atoms with Crippen LogP contribution in [-0.2, 0) is 6.18 Å². The molecule has 2 aromatic heterocycles. The standard InChI is InChI=1S/C16H16ClF3N4/c17-13-4-1-7-21-15(13)23-12-3-2-8-24(10-12)14-6-5-11(9-22-14)16(18,19)20/h1,4-7,9,12H,2-3,8,10H2,(H,21,23)/t12-/m1/s1. The van der Waals surface area contributed by atoms with Gasteiger partial charge in [0.2, 0.25) is 0 Å². The molecule has 0 unspecified atom stereocenters. The van der Waals surface area contributed by atoms with E-state index in [1.54, 1.807) is 18.3 Å². The molecule has 0 aliphatic carbocycles. The third kappa shape index (κ3) is 3.90. The number of rotatable bonds is 3. The Bertz CT molecular complexity index is 690. The highest BCUT2D eigenvalue weighted by atomic mass is 35.5. The van der Waals surface area contributed by atoms with Gasteiger partial charge in [0.15, 0.2) is 0 Å². The number of alkyl halides is 3. The van der Waals surface area contributed by atoms with Gasteiger partial charge < -0.3 is 10.2 Å². The Hall–Kier alpha value is -2.02. The lowest BCUT2D eigenvalue weighted by atomic mass is 10.1. The molecule has 8 heteroatoms. The number of nitrogens with one attached hydrogen (secondary N) is 1. The Balaban J connectivity index is 1.68. The van der Waals surface area contributed by atoms with Crippen LogP contribution >= 0.6 is 11.6 Å². The fourth-order valence-corrected chi connectivity index (χ4v) is 2.91. The smallest absolute Gasteiger partial charge is 0.364 e. The van der Waals surface area contributed by atoms with Crippen molar-refractivity contribution in [1.29, 1.82) is 0 Å². The normalized spacial score (nSPS) is 18.5. The summed E-state index contributed by atoms with van der Waals surface area (Å²) in [6.07, 6.45) is 0.0102. The zero-order valence-electron chi connectivity index (χ0n) is 12.7. The van der Waals surface area contributed by atoms with Crippen LogP contribution < -0.4 is 10.2 Å². The first-order chi connectivity index (χ1) is 11.4. The van der Waals surface area contributed by atoms with Crippen molar-refractivity contribution in [2.75, 3.05) is 23.3 Å². The third-order valence-corrected chi connectivity index (χ3v) is 4.22. The Morgan fingerprint density at radius 3 is 2.71 bits per heavy atom. The lowest BCUT2D eigenvalue weighted by Crippen LogP contribution is -2.42. The second-order valence-electron chi connectivity index (χ2n) is 5.67. The number of pyridine rings is 2. The van der Waals surface area contributed by atoms with Crippen LogP contribution in [0.3, 0.4) is 0 Å². The largest absolute Gasteiger partial charge is 0.417 e. The van der Waals surface area contributed by atoms with Gasteiger partial charge in [-0.1, -0.05) is 11.6 Å². The molecule has 128 valence electrons. The molecule has 0 saturated carbocycles. The van der Waals surface area contributed by atoms with E-state index < -0.39 is 11.7 Å². The van der Waals surface area contributed by atoms with Gasteiger partial charge >= 0.3 is 6.18 Å². The number of piperidine rings is 1. The summed E-state index contributed by atoms with van der Waals surface area (Å²) in [6, 6.07) is 6.10. The van der Waals surface area contributed by atoms with Gasteiger partial charge in [0.1, 0.15) is 11.6 Å². The fraction of sp³-hybridized carbons (Fsp3) is 0.375. The van der Waals surface area contributed by atoms with Crippen LogP contribution in [0.1, 0.15) is 18.4 Å². The van der Waals surface area contributed by atoms with Gasteiger partial charge in [-0.15, -0.1) is 0 Å². The van der Waals surface area contributed by atoms with Gasteiger partial charge in [-0.25, -0.2) is 9.97 Å². The first-order valence-electron chi connectivity index (χ1n) is 7.59. The van der Waals surface area contributed by atoms with Gasteiger partial charge in [0.25, 0.3) is 0 Å². The molecular weight excluding hydrogens is 341 g/mol. The van der Waals surface area contributed by atoms with Crippen LogP contribution in [-0.4, -0.2) is 29.1 Å². The van der Waals surface area contributed by atoms with Gasteiger partial charge in [-0.2, -0.15) is 13.2 Å². The summed E-state index contributed by atoms with van der Waals surface area (Å²) >= 11 is 6.10. The maximum absolute atomic E-state index is 12.6. The van der Waals surface area contributed by atoms with Crippen LogP contribution in [0.4, 0.5) is 24.8 Å². The highest BCUT2D eigenvalue weighted by Gasteiger charge is 2.31. The monoisotopic (exact) mass is 356 g/mol. The second-order valence-corrected chi connectivity index (χ2v) is 6.07. The minimum atomic E-state index is -4.37. The second kappa shape index (κ2) is 6.84. The molecule has 1 fully saturated rings. The number of hydrogen-bond acceptors (Lipinski definition) is 4. The Kier molecular flexibility index (Phi) is 4.80. The summed E-state index contributed by atoms with van der Waals surface area (Å²) in [5.41, 5.74) is -0.738. The molecule has 24 heavy (non-hydrogen) atoms. The van der Waals surface area contributed by atoms with Gasteiger partial charge in [0.05, 0.1) is 10.6 Å². The molecule has 2 aromatic rings. The van der Waals surface area contributed by atoms with Crippen LogP contribution in [0, 0.1) is 0 Å². The predicted molar refractivity (Wildman–Crippen MR) is 87.3 cm³/mol. The van der Waals surface area contributed by atoms with E-state index in [1.807, 2.05) is 4.90 Å². The summed E-state index contributed by atoms with van der Waals surface area (Å²) in [6.45, 7) is 1.39. The molecule has 0 aromatic carbocycles. The summed E-state index contributed by atoms with van der Waals surface area (Å²) in [5, 5.41) is 3.84. The fourth-order valence-electron chi connectivity index (χ4n) is 2.73. The Morgan fingerprint density at radius 2 is 2.04 bits per heavy atom. The molecule has 1 N–H and O–H groups in total. The van der Waals surface area contributed by atoms with E-state index in [0.717, 1.165) is 31.6 Å². The Labute approximate surface area is 142 Å². The van der Waals surface area contributed by atoms with Crippen molar-refractivity contribution < 1.29 is 13.2 Å². The average molecular weight is 357 g/mol. The summed E-state index contributed by atoms with van der Waals surface area (Å²) in [4.78, 5) is 10.1. The van der Waals surface area contributed by atoms with E-state index in [-0.39, 0.29) is 6.04 Å². The molecule has 0 radical (unpaired) electrons. The molecule has 4 nitrogen and oxygen atoms in total. The van der Waals surface area contributed by atoms with Crippen LogP contribution in [0.25, 0.3) is 0 Å². The lowest BCUT2D eigenvalue weighted by molar-refractivity contribution is -0.137. The van der Waals surface area contributed by atoms with E-state index in [2.05, 4.69) is 15.3 Å². The van der Waals surface area contributed by atoms with Crippen molar-refractivity contribution >= 4 is 23.2 Å². The van der Waals surface area contributed by atoms with E-state index in [1.165, 1.54) is 6.07 Å². The number of hydrogen-bond donors (Lipinski definition) is 1. The maximum atomic E-state index is 12.6. The molecule has 3 rings (SSSR count). The summed E-state index contributed by atoms with van der Waals surface area (Å²) in [7, 11) is 0. The number of anilines is 2. The minimum Gasteiger partial charge on any atom is -0.364 e. The van der Waals surface area contributed by atoms with Crippen molar-refractivity contribution in [2.45, 2.75) is 25.1 Å². The van der Waals surface area contributed by atoms with E-state index >= 15 is 0 Å². The third-order valence-electron chi connectivity index (χ3n) is 3.92. The van der Waals surface area contributed by atoms with E-state index in [9.17, 15) is 13.2 Å². The highest BCUT2D eigenvalue weighted by molar-refractivity contribution is 6.32. The zero-order chi connectivity index (χ0) is 17.2. The predicted octanol–water partition coefficient (Wildman–Crippen LogP) is 4.23. The van der Waals surface area contributed by atoms with Crippen molar-refractivity contribution in [2.24, 2.45) is 0 Å². The molecule has 1 atom stereocenters. The van der Waals surface area contributed by atoms with Crippen molar-refractivity contribution in [3.05, 3.63) is 47.2 Å². The molecule has 1 saturated heterocycles. The Morgan fingerprint density at radius 1 is 1.21 bits per heavy atom. The van der Waals surface area contributed by atoms with E-state index in [0.29, 0.717) is 23.2 Å². The number of aromatic nitrogens is 2. The number of halogens is 4. The topological polar surface area (TPSA) is 41.0 Å². The SMILES string of the molecule is FC(F)(F)c1ccc(N2CCC[C@@H](Nc3ncccc3Cl)C2)nc1. The lowest BCUT2D eigenvalue weighted by Gasteiger charge is -2.34. The van der Waals surface area contributed by atoms with Crippen molar-refractivity contribution in [3.8, 4) is 0 Å². The zero-order valence-corrected chi connectivity index (χ0v) is 13.5. The molecule has 1 aliphatic heterocycles. The van der Waals surface area contributed by atoms with Gasteiger partial charge in [0, 0.05) is 31.5 Å². The molecule has 3 heterocycles. The average Bonchev–Trinajstić information content (AvgIpc) is 2.57. The van der Waals surface area contributed by atoms with Crippen LogP contribution in [0.2, 0.25) is 5.02 Å². The van der Waals surface area contributed by atoms with Crippen LogP contribution in [0.5, 0.6) is 0 Å². The van der Waals surface area contributed by atoms with Gasteiger partial charge in [-0.05, 0) is 37.1 Å². The summed E-state index contributed by atoms with van der Waals surface area (Å²) in [5.74, 6) is 1.16. The first-order valence-corrected chi connectivity index (χ1v) is 7.96. The molecule has 0 spiro atoms. The van der Waals surface area contributed by atoms with Crippen molar-refractivity contribution in [3.63, 3.8) is 0 Å². The highest BCUT2D eigenvalue weighted by Crippen LogP contribution is 2.30. The first kappa shape index (κ1) is 16.8. The molecule has 0 amide bonds. The quantitative estimate of drug-likeness (QED) is 0.893. The minimum absolute atomic E-state index is 0.107. The van der Waals surface area contributed by atoms with E-state index in [4.69, 9.17) is 11.6 Å². The number of nitrogens with zero attached hydrogens (tertiary/aromatic N) is 3. The maximum Gasteiger partial charge on any atom is 0.417 e. The molecular formula is C16H16ClF3N4.